The van der Waals surface area contributed by atoms with Crippen LogP contribution in [-0.4, -0.2) is 77.9 Å². The monoisotopic (exact) mass is 617 g/mol. The van der Waals surface area contributed by atoms with Crippen molar-refractivity contribution >= 4 is 23.5 Å². The maximum atomic E-state index is 13.8. The fourth-order valence-electron chi connectivity index (χ4n) is 7.36. The Morgan fingerprint density at radius 2 is 1.62 bits per heavy atom. The molecular formula is C36H42F3N5O. The first-order valence-electron chi connectivity index (χ1n) is 16.0. The van der Waals surface area contributed by atoms with Gasteiger partial charge in [-0.2, -0.15) is 13.2 Å². The average Bonchev–Trinajstić information content (AvgIpc) is 3.63. The van der Waals surface area contributed by atoms with Crippen LogP contribution in [-0.2, 0) is 17.5 Å². The molecule has 1 aliphatic carbocycles. The highest BCUT2D eigenvalue weighted by molar-refractivity contribution is 5.92. The van der Waals surface area contributed by atoms with Crippen LogP contribution < -0.4 is 4.90 Å². The number of amides is 1. The van der Waals surface area contributed by atoms with Gasteiger partial charge in [0.2, 0.25) is 5.91 Å². The SMILES string of the molecule is CN1CCC(N2C[C@H]3CC(N(Cc4ccc(N(C)c5ccccn5)cc4)C(=O)/C=C/c4ccc(C(F)(F)F)cc4)C[C@H]3C2)CC1. The van der Waals surface area contributed by atoms with Crippen molar-refractivity contribution in [1.29, 1.82) is 0 Å². The first kappa shape index (κ1) is 31.3. The van der Waals surface area contributed by atoms with E-state index in [1.165, 1.54) is 31.1 Å². The van der Waals surface area contributed by atoms with E-state index in [4.69, 9.17) is 0 Å². The predicted octanol–water partition coefficient (Wildman–Crippen LogP) is 6.71. The fourth-order valence-corrected chi connectivity index (χ4v) is 7.36. The Kier molecular flexibility index (Phi) is 9.28. The quantitative estimate of drug-likeness (QED) is 0.263. The molecule has 0 bridgehead atoms. The Morgan fingerprint density at radius 3 is 2.22 bits per heavy atom. The number of carbonyl (C=O) groups is 1. The topological polar surface area (TPSA) is 42.9 Å². The molecule has 238 valence electrons. The number of halogens is 3. The van der Waals surface area contributed by atoms with Gasteiger partial charge in [-0.05, 0) is 111 Å². The highest BCUT2D eigenvalue weighted by Gasteiger charge is 2.45. The molecular weight excluding hydrogens is 575 g/mol. The number of piperidine rings is 1. The second-order valence-electron chi connectivity index (χ2n) is 13.0. The molecule has 9 heteroatoms. The summed E-state index contributed by atoms with van der Waals surface area (Å²) >= 11 is 0. The van der Waals surface area contributed by atoms with Crippen LogP contribution in [0.5, 0.6) is 0 Å². The van der Waals surface area contributed by atoms with Gasteiger partial charge in [-0.15, -0.1) is 0 Å². The van der Waals surface area contributed by atoms with Gasteiger partial charge in [0.25, 0.3) is 0 Å². The Bertz CT molecular complexity index is 1440. The van der Waals surface area contributed by atoms with Gasteiger partial charge in [-0.1, -0.05) is 30.3 Å². The van der Waals surface area contributed by atoms with Gasteiger partial charge >= 0.3 is 6.18 Å². The summed E-state index contributed by atoms with van der Waals surface area (Å²) in [5.74, 6) is 1.90. The van der Waals surface area contributed by atoms with E-state index >= 15 is 0 Å². The number of hydrogen-bond donors (Lipinski definition) is 0. The maximum absolute atomic E-state index is 13.8. The third-order valence-electron chi connectivity index (χ3n) is 10.0. The number of anilines is 2. The molecule has 2 aromatic carbocycles. The number of rotatable bonds is 8. The molecule has 45 heavy (non-hydrogen) atoms. The lowest BCUT2D eigenvalue weighted by Gasteiger charge is -2.36. The molecule has 0 radical (unpaired) electrons. The molecule has 2 aliphatic heterocycles. The molecule has 1 saturated carbocycles. The number of alkyl halides is 3. The van der Waals surface area contributed by atoms with E-state index in [2.05, 4.69) is 34.0 Å². The van der Waals surface area contributed by atoms with Gasteiger partial charge in [-0.3, -0.25) is 9.69 Å². The van der Waals surface area contributed by atoms with Crippen LogP contribution in [0.2, 0.25) is 0 Å². The highest BCUT2D eigenvalue weighted by Crippen LogP contribution is 2.42. The minimum absolute atomic E-state index is 0.110. The number of benzene rings is 2. The summed E-state index contributed by atoms with van der Waals surface area (Å²) in [4.78, 5) is 27.3. The normalized spacial score (nSPS) is 23.0. The van der Waals surface area contributed by atoms with Crippen molar-refractivity contribution in [3.63, 3.8) is 0 Å². The van der Waals surface area contributed by atoms with E-state index in [-0.39, 0.29) is 11.9 Å². The molecule has 1 unspecified atom stereocenters. The van der Waals surface area contributed by atoms with Crippen LogP contribution in [0.25, 0.3) is 6.08 Å². The van der Waals surface area contributed by atoms with Gasteiger partial charge < -0.3 is 14.7 Å². The summed E-state index contributed by atoms with van der Waals surface area (Å²) in [5.41, 5.74) is 1.91. The molecule has 3 aliphatic rings. The van der Waals surface area contributed by atoms with Crippen LogP contribution in [0.1, 0.15) is 42.4 Å². The van der Waals surface area contributed by atoms with Gasteiger partial charge in [0.15, 0.2) is 0 Å². The van der Waals surface area contributed by atoms with Crippen molar-refractivity contribution < 1.29 is 18.0 Å². The summed E-state index contributed by atoms with van der Waals surface area (Å²) in [7, 11) is 4.18. The maximum Gasteiger partial charge on any atom is 0.416 e. The summed E-state index contributed by atoms with van der Waals surface area (Å²) in [6.45, 7) is 5.00. The number of pyridine rings is 1. The van der Waals surface area contributed by atoms with Crippen molar-refractivity contribution in [1.82, 2.24) is 19.7 Å². The molecule has 1 amide bonds. The minimum Gasteiger partial charge on any atom is -0.332 e. The molecule has 3 heterocycles. The molecule has 0 N–H and O–H groups in total. The highest BCUT2D eigenvalue weighted by atomic mass is 19.4. The zero-order valence-electron chi connectivity index (χ0n) is 26.0. The number of likely N-dealkylation sites (tertiary alicyclic amines) is 2. The molecule has 6 nitrogen and oxygen atoms in total. The van der Waals surface area contributed by atoms with E-state index in [0.29, 0.717) is 30.0 Å². The van der Waals surface area contributed by atoms with Gasteiger partial charge in [-0.25, -0.2) is 4.98 Å². The minimum atomic E-state index is -4.39. The number of nitrogens with zero attached hydrogens (tertiary/aromatic N) is 5. The Hall–Kier alpha value is -3.69. The zero-order chi connectivity index (χ0) is 31.6. The number of carbonyl (C=O) groups excluding carboxylic acids is 1. The van der Waals surface area contributed by atoms with Crippen molar-refractivity contribution in [2.75, 3.05) is 45.2 Å². The fraction of sp³-hybridized carbons (Fsp3) is 0.444. The van der Waals surface area contributed by atoms with Gasteiger partial charge in [0.1, 0.15) is 5.82 Å². The molecule has 3 atom stereocenters. The first-order chi connectivity index (χ1) is 21.6. The summed E-state index contributed by atoms with van der Waals surface area (Å²) < 4.78 is 39.1. The molecule has 6 rings (SSSR count). The Labute approximate surface area is 264 Å². The molecule has 2 saturated heterocycles. The Balaban J connectivity index is 1.16. The zero-order valence-corrected chi connectivity index (χ0v) is 26.0. The van der Waals surface area contributed by atoms with Crippen LogP contribution in [0.4, 0.5) is 24.7 Å². The van der Waals surface area contributed by atoms with Crippen LogP contribution in [0, 0.1) is 11.8 Å². The number of aromatic nitrogens is 1. The second-order valence-corrected chi connectivity index (χ2v) is 13.0. The van der Waals surface area contributed by atoms with Gasteiger partial charge in [0, 0.05) is 56.7 Å². The lowest BCUT2D eigenvalue weighted by atomic mass is 10.0. The van der Waals surface area contributed by atoms with Crippen LogP contribution in [0.3, 0.4) is 0 Å². The lowest BCUT2D eigenvalue weighted by molar-refractivity contribution is -0.137. The third-order valence-corrected chi connectivity index (χ3v) is 10.0. The number of fused-ring (bicyclic) bond motifs is 1. The summed E-state index contributed by atoms with van der Waals surface area (Å²) in [5, 5.41) is 0. The smallest absolute Gasteiger partial charge is 0.332 e. The van der Waals surface area contributed by atoms with Crippen molar-refractivity contribution in [2.24, 2.45) is 11.8 Å². The summed E-state index contributed by atoms with van der Waals surface area (Å²) in [6.07, 6.45) is 4.94. The van der Waals surface area contributed by atoms with Crippen molar-refractivity contribution in [3.05, 3.63) is 95.7 Å². The standard InChI is InChI=1S/C36H42F3N5O/c1-41-19-16-32(17-20-41)43-24-28-21-33(22-29(28)25-43)44(35(45)15-10-26-6-11-30(12-7-26)36(37,38)39)23-27-8-13-31(14-9-27)42(2)34-5-3-4-18-40-34/h3-15,18,28-29,32-33H,16-17,19-25H2,1-2H3/b15-10+/t28-,29+,33?. The van der Waals surface area contributed by atoms with Crippen molar-refractivity contribution in [2.45, 2.75) is 50.5 Å². The molecule has 3 aromatic rings. The third kappa shape index (κ3) is 7.42. The lowest BCUT2D eigenvalue weighted by Crippen LogP contribution is -2.44. The predicted molar refractivity (Wildman–Crippen MR) is 172 cm³/mol. The van der Waals surface area contributed by atoms with E-state index < -0.39 is 11.7 Å². The Morgan fingerprint density at radius 1 is 0.956 bits per heavy atom. The molecule has 1 aromatic heterocycles. The second kappa shape index (κ2) is 13.3. The van der Waals surface area contributed by atoms with E-state index in [0.717, 1.165) is 68.2 Å². The largest absolute Gasteiger partial charge is 0.416 e. The molecule has 0 spiro atoms. The van der Waals surface area contributed by atoms with Crippen LogP contribution >= 0.6 is 0 Å². The van der Waals surface area contributed by atoms with Crippen molar-refractivity contribution in [3.8, 4) is 0 Å². The van der Waals surface area contributed by atoms with E-state index in [1.807, 2.05) is 47.2 Å². The number of hydrogen-bond acceptors (Lipinski definition) is 5. The van der Waals surface area contributed by atoms with Crippen LogP contribution in [0.15, 0.2) is 79.0 Å². The van der Waals surface area contributed by atoms with Gasteiger partial charge in [0.05, 0.1) is 5.56 Å². The van der Waals surface area contributed by atoms with E-state index in [1.54, 1.807) is 12.3 Å². The first-order valence-corrected chi connectivity index (χ1v) is 16.0. The molecule has 3 fully saturated rings. The summed E-state index contributed by atoms with van der Waals surface area (Å²) in [6, 6.07) is 19.7. The van der Waals surface area contributed by atoms with E-state index in [9.17, 15) is 18.0 Å². The average molecular weight is 618 g/mol.